The van der Waals surface area contributed by atoms with E-state index in [0.29, 0.717) is 26.2 Å². The van der Waals surface area contributed by atoms with Gasteiger partial charge in [-0.3, -0.25) is 9.59 Å². The van der Waals surface area contributed by atoms with Gasteiger partial charge in [-0.2, -0.15) is 0 Å². The van der Waals surface area contributed by atoms with E-state index in [2.05, 4.69) is 6.07 Å². The molecule has 5 nitrogen and oxygen atoms in total. The Bertz CT molecular complexity index is 576. The van der Waals surface area contributed by atoms with E-state index in [0.717, 1.165) is 22.4 Å². The molecule has 0 saturated carbocycles. The quantitative estimate of drug-likeness (QED) is 0.854. The number of hydrogen-bond donors (Lipinski definition) is 0. The fraction of sp³-hybridized carbons (Fsp3) is 0.529. The Kier molecular flexibility index (Phi) is 5.06. The Morgan fingerprint density at radius 1 is 1.00 bits per heavy atom. The predicted molar refractivity (Wildman–Crippen MR) is 85.0 cm³/mol. The minimum Gasteiger partial charge on any atom is -0.483 e. The van der Waals surface area contributed by atoms with Crippen LogP contribution in [0.15, 0.2) is 12.1 Å². The maximum Gasteiger partial charge on any atom is 0.260 e. The highest BCUT2D eigenvalue weighted by Gasteiger charge is 2.22. The van der Waals surface area contributed by atoms with Crippen LogP contribution in [0, 0.1) is 20.8 Å². The minimum absolute atomic E-state index is 0.0245. The monoisotopic (exact) mass is 304 g/mol. The van der Waals surface area contributed by atoms with Crippen LogP contribution >= 0.6 is 0 Å². The van der Waals surface area contributed by atoms with Gasteiger partial charge in [0.2, 0.25) is 5.91 Å². The van der Waals surface area contributed by atoms with Crippen molar-refractivity contribution in [3.05, 3.63) is 28.8 Å². The number of hydrogen-bond acceptors (Lipinski definition) is 3. The molecule has 0 aliphatic carbocycles. The molecule has 0 radical (unpaired) electrons. The number of carbonyl (C=O) groups excluding carboxylic acids is 2. The second-order valence-electron chi connectivity index (χ2n) is 5.83. The first-order chi connectivity index (χ1) is 10.4. The molecular formula is C17H24N2O3. The summed E-state index contributed by atoms with van der Waals surface area (Å²) in [5, 5.41) is 0. The van der Waals surface area contributed by atoms with Crippen molar-refractivity contribution >= 4 is 11.8 Å². The molecule has 22 heavy (non-hydrogen) atoms. The number of carbonyl (C=O) groups is 2. The number of nitrogens with zero attached hydrogens (tertiary/aromatic N) is 2. The van der Waals surface area contributed by atoms with Gasteiger partial charge in [-0.15, -0.1) is 0 Å². The highest BCUT2D eigenvalue weighted by atomic mass is 16.5. The van der Waals surface area contributed by atoms with Crippen molar-refractivity contribution in [2.24, 2.45) is 0 Å². The highest BCUT2D eigenvalue weighted by molar-refractivity contribution is 5.78. The van der Waals surface area contributed by atoms with Gasteiger partial charge in [-0.25, -0.2) is 0 Å². The SMILES string of the molecule is CC(=O)N1CCN(C(=O)COc2c(C)ccc(C)c2C)CC1. The van der Waals surface area contributed by atoms with Gasteiger partial charge < -0.3 is 14.5 Å². The lowest BCUT2D eigenvalue weighted by atomic mass is 10.1. The minimum atomic E-state index is -0.0245. The van der Waals surface area contributed by atoms with Gasteiger partial charge in [0.25, 0.3) is 5.91 Å². The lowest BCUT2D eigenvalue weighted by Crippen LogP contribution is -2.51. The summed E-state index contributed by atoms with van der Waals surface area (Å²) in [6.07, 6.45) is 0. The van der Waals surface area contributed by atoms with Crippen molar-refractivity contribution < 1.29 is 14.3 Å². The second kappa shape index (κ2) is 6.81. The van der Waals surface area contributed by atoms with Gasteiger partial charge in [-0.1, -0.05) is 12.1 Å². The van der Waals surface area contributed by atoms with E-state index in [1.165, 1.54) is 0 Å². The van der Waals surface area contributed by atoms with Crippen LogP contribution < -0.4 is 4.74 Å². The Morgan fingerprint density at radius 3 is 2.14 bits per heavy atom. The molecule has 1 aromatic rings. The molecule has 1 aromatic carbocycles. The molecule has 1 aliphatic rings. The van der Waals surface area contributed by atoms with Crippen molar-refractivity contribution in [1.82, 2.24) is 9.80 Å². The van der Waals surface area contributed by atoms with Crippen LogP contribution in [0.1, 0.15) is 23.6 Å². The average molecular weight is 304 g/mol. The first kappa shape index (κ1) is 16.3. The van der Waals surface area contributed by atoms with Gasteiger partial charge in [0.1, 0.15) is 5.75 Å². The van der Waals surface area contributed by atoms with Gasteiger partial charge in [0, 0.05) is 33.1 Å². The number of piperazine rings is 1. The summed E-state index contributed by atoms with van der Waals surface area (Å²) in [6, 6.07) is 4.06. The van der Waals surface area contributed by atoms with E-state index in [1.807, 2.05) is 26.8 Å². The van der Waals surface area contributed by atoms with Gasteiger partial charge >= 0.3 is 0 Å². The van der Waals surface area contributed by atoms with Crippen LogP contribution in [0.2, 0.25) is 0 Å². The fourth-order valence-corrected chi connectivity index (χ4v) is 2.64. The zero-order chi connectivity index (χ0) is 16.3. The van der Waals surface area contributed by atoms with Crippen LogP contribution in [0.3, 0.4) is 0 Å². The normalized spacial score (nSPS) is 14.9. The topological polar surface area (TPSA) is 49.9 Å². The third kappa shape index (κ3) is 3.59. The summed E-state index contributed by atoms with van der Waals surface area (Å²) >= 11 is 0. The molecule has 2 rings (SSSR count). The Morgan fingerprint density at radius 2 is 1.55 bits per heavy atom. The van der Waals surface area contributed by atoms with Crippen LogP contribution in [-0.2, 0) is 9.59 Å². The molecule has 0 unspecified atom stereocenters. The van der Waals surface area contributed by atoms with Crippen molar-refractivity contribution in [3.63, 3.8) is 0 Å². The Balaban J connectivity index is 1.92. The molecule has 1 fully saturated rings. The molecule has 5 heteroatoms. The fourth-order valence-electron chi connectivity index (χ4n) is 2.64. The van der Waals surface area contributed by atoms with Crippen LogP contribution in [0.25, 0.3) is 0 Å². The van der Waals surface area contributed by atoms with Gasteiger partial charge in [0.05, 0.1) is 0 Å². The van der Waals surface area contributed by atoms with Gasteiger partial charge in [0.15, 0.2) is 6.61 Å². The molecule has 0 atom stereocenters. The second-order valence-corrected chi connectivity index (χ2v) is 5.83. The summed E-state index contributed by atoms with van der Waals surface area (Å²) in [5.74, 6) is 0.841. The summed E-state index contributed by atoms with van der Waals surface area (Å²) in [7, 11) is 0. The Hall–Kier alpha value is -2.04. The molecule has 1 saturated heterocycles. The predicted octanol–water partition coefficient (Wildman–Crippen LogP) is 1.68. The van der Waals surface area contributed by atoms with Crippen molar-refractivity contribution in [3.8, 4) is 5.75 Å². The number of ether oxygens (including phenoxy) is 1. The summed E-state index contributed by atoms with van der Waals surface area (Å²) in [4.78, 5) is 27.1. The van der Waals surface area contributed by atoms with Crippen LogP contribution in [-0.4, -0.2) is 54.4 Å². The molecule has 1 aliphatic heterocycles. The number of rotatable bonds is 3. The lowest BCUT2D eigenvalue weighted by Gasteiger charge is -2.34. The zero-order valence-electron chi connectivity index (χ0n) is 13.8. The number of amides is 2. The maximum absolute atomic E-state index is 12.3. The summed E-state index contributed by atoms with van der Waals surface area (Å²) < 4.78 is 5.77. The zero-order valence-corrected chi connectivity index (χ0v) is 13.8. The first-order valence-corrected chi connectivity index (χ1v) is 7.63. The van der Waals surface area contributed by atoms with E-state index in [-0.39, 0.29) is 18.4 Å². The van der Waals surface area contributed by atoms with Crippen molar-refractivity contribution in [2.75, 3.05) is 32.8 Å². The third-order valence-corrected chi connectivity index (χ3v) is 4.29. The number of benzene rings is 1. The average Bonchev–Trinajstić information content (AvgIpc) is 2.51. The van der Waals surface area contributed by atoms with Crippen LogP contribution in [0.4, 0.5) is 0 Å². The molecule has 0 aromatic heterocycles. The lowest BCUT2D eigenvalue weighted by molar-refractivity contribution is -0.139. The molecule has 0 N–H and O–H groups in total. The molecule has 120 valence electrons. The highest BCUT2D eigenvalue weighted by Crippen LogP contribution is 2.25. The number of aryl methyl sites for hydroxylation is 2. The summed E-state index contributed by atoms with van der Waals surface area (Å²) in [6.45, 7) is 9.99. The molecule has 2 amide bonds. The van der Waals surface area contributed by atoms with E-state index < -0.39 is 0 Å². The smallest absolute Gasteiger partial charge is 0.260 e. The van der Waals surface area contributed by atoms with Crippen molar-refractivity contribution in [2.45, 2.75) is 27.7 Å². The first-order valence-electron chi connectivity index (χ1n) is 7.63. The van der Waals surface area contributed by atoms with Crippen LogP contribution in [0.5, 0.6) is 5.75 Å². The molecular weight excluding hydrogens is 280 g/mol. The summed E-state index contributed by atoms with van der Waals surface area (Å²) in [5.41, 5.74) is 3.27. The Labute approximate surface area is 131 Å². The standard InChI is InChI=1S/C17H24N2O3/c1-12-5-6-13(2)17(14(12)3)22-11-16(21)19-9-7-18(8-10-19)15(4)20/h5-6H,7-11H2,1-4H3. The van der Waals surface area contributed by atoms with E-state index >= 15 is 0 Å². The molecule has 1 heterocycles. The largest absolute Gasteiger partial charge is 0.483 e. The van der Waals surface area contributed by atoms with Crippen molar-refractivity contribution in [1.29, 1.82) is 0 Å². The van der Waals surface area contributed by atoms with Gasteiger partial charge in [-0.05, 0) is 37.5 Å². The third-order valence-electron chi connectivity index (χ3n) is 4.29. The van der Waals surface area contributed by atoms with E-state index in [4.69, 9.17) is 4.74 Å². The van der Waals surface area contributed by atoms with E-state index in [9.17, 15) is 9.59 Å². The van der Waals surface area contributed by atoms with E-state index in [1.54, 1.807) is 16.7 Å². The molecule has 0 spiro atoms. The molecule has 0 bridgehead atoms. The maximum atomic E-state index is 12.3.